The van der Waals surface area contributed by atoms with Gasteiger partial charge in [0.1, 0.15) is 17.5 Å². The zero-order valence-corrected chi connectivity index (χ0v) is 11.7. The Balaban J connectivity index is 2.38. The van der Waals surface area contributed by atoms with Gasteiger partial charge in [0.2, 0.25) is 0 Å². The first-order valence-corrected chi connectivity index (χ1v) is 6.17. The van der Waals surface area contributed by atoms with Gasteiger partial charge in [-0.05, 0) is 25.1 Å². The number of anilines is 2. The molecule has 106 valence electrons. The Morgan fingerprint density at radius 3 is 2.86 bits per heavy atom. The third-order valence-corrected chi connectivity index (χ3v) is 2.92. The highest BCUT2D eigenvalue weighted by atomic mass is 16.5. The van der Waals surface area contributed by atoms with E-state index in [2.05, 4.69) is 10.3 Å². The van der Waals surface area contributed by atoms with E-state index in [9.17, 15) is 4.79 Å². The minimum atomic E-state index is -0.444. The number of hydrogen-bond donors (Lipinski definition) is 2. The molecule has 6 heteroatoms. The van der Waals surface area contributed by atoms with E-state index < -0.39 is 5.91 Å². The van der Waals surface area contributed by atoms with Crippen molar-refractivity contribution < 1.29 is 9.53 Å². The van der Waals surface area contributed by atoms with Gasteiger partial charge in [-0.15, -0.1) is 0 Å². The van der Waals surface area contributed by atoms with Crippen LogP contribution in [0.25, 0.3) is 0 Å². The van der Waals surface area contributed by atoms with Crippen LogP contribution in [0.15, 0.2) is 30.5 Å². The number of ether oxygens (including phenoxy) is 1. The lowest BCUT2D eigenvalue weighted by molar-refractivity contribution is 0.102. The summed E-state index contributed by atoms with van der Waals surface area (Å²) in [7, 11) is 1.47. The van der Waals surface area contributed by atoms with E-state index in [-0.39, 0.29) is 5.56 Å². The highest BCUT2D eigenvalue weighted by molar-refractivity contribution is 6.08. The zero-order chi connectivity index (χ0) is 15.4. The van der Waals surface area contributed by atoms with Crippen LogP contribution in [0, 0.1) is 18.3 Å². The summed E-state index contributed by atoms with van der Waals surface area (Å²) in [6.07, 6.45) is 1.40. The van der Waals surface area contributed by atoms with Crippen molar-refractivity contribution >= 4 is 17.3 Å². The Labute approximate surface area is 122 Å². The summed E-state index contributed by atoms with van der Waals surface area (Å²) in [5.74, 6) is -0.0398. The molecule has 0 bridgehead atoms. The van der Waals surface area contributed by atoms with Crippen LogP contribution in [0.2, 0.25) is 0 Å². The predicted octanol–water partition coefficient (Wildman–Crippen LogP) is 2.10. The molecule has 2 aromatic rings. The molecule has 0 unspecified atom stereocenters. The Bertz CT molecular complexity index is 735. The van der Waals surface area contributed by atoms with Crippen LogP contribution in [-0.4, -0.2) is 18.0 Å². The molecule has 0 saturated heterocycles. The van der Waals surface area contributed by atoms with Crippen LogP contribution >= 0.6 is 0 Å². The largest absolute Gasteiger partial charge is 0.495 e. The molecule has 1 aromatic heterocycles. The summed E-state index contributed by atoms with van der Waals surface area (Å²) >= 11 is 0. The molecule has 0 saturated carbocycles. The number of hydrogen-bond acceptors (Lipinski definition) is 5. The summed E-state index contributed by atoms with van der Waals surface area (Å²) in [6.45, 7) is 1.78. The molecular weight excluding hydrogens is 268 g/mol. The molecule has 1 heterocycles. The van der Waals surface area contributed by atoms with Crippen LogP contribution in [-0.2, 0) is 0 Å². The van der Waals surface area contributed by atoms with Gasteiger partial charge in [0.25, 0.3) is 5.91 Å². The number of carbonyl (C=O) groups is 1. The zero-order valence-electron chi connectivity index (χ0n) is 11.7. The molecule has 0 aliphatic carbocycles. The van der Waals surface area contributed by atoms with E-state index in [1.54, 1.807) is 31.2 Å². The average Bonchev–Trinajstić information content (AvgIpc) is 2.47. The maximum absolute atomic E-state index is 12.3. The van der Waals surface area contributed by atoms with Crippen LogP contribution in [0.4, 0.5) is 11.4 Å². The van der Waals surface area contributed by atoms with Crippen molar-refractivity contribution in [3.8, 4) is 11.8 Å². The second-order valence-corrected chi connectivity index (χ2v) is 4.36. The molecule has 0 atom stereocenters. The first-order chi connectivity index (χ1) is 10.1. The van der Waals surface area contributed by atoms with Gasteiger partial charge in [0.15, 0.2) is 0 Å². The smallest absolute Gasteiger partial charge is 0.259 e. The highest BCUT2D eigenvalue weighted by Crippen LogP contribution is 2.28. The normalized spacial score (nSPS) is 9.76. The quantitative estimate of drug-likeness (QED) is 0.897. The minimum absolute atomic E-state index is 0.246. The third-order valence-electron chi connectivity index (χ3n) is 2.92. The Morgan fingerprint density at radius 2 is 2.24 bits per heavy atom. The number of methoxy groups -OCH3 is 1. The lowest BCUT2D eigenvalue weighted by Crippen LogP contribution is -2.16. The molecule has 0 radical (unpaired) electrons. The van der Waals surface area contributed by atoms with E-state index in [1.807, 2.05) is 6.07 Å². The molecule has 3 N–H and O–H groups in total. The Hall–Kier alpha value is -3.07. The number of carbonyl (C=O) groups excluding carboxylic acids is 1. The monoisotopic (exact) mass is 282 g/mol. The average molecular weight is 282 g/mol. The minimum Gasteiger partial charge on any atom is -0.495 e. The fourth-order valence-electron chi connectivity index (χ4n) is 1.87. The van der Waals surface area contributed by atoms with E-state index >= 15 is 0 Å². The number of pyridine rings is 1. The second kappa shape index (κ2) is 5.92. The van der Waals surface area contributed by atoms with Crippen LogP contribution in [0.5, 0.6) is 5.75 Å². The first-order valence-electron chi connectivity index (χ1n) is 6.17. The fraction of sp³-hybridized carbons (Fsp3) is 0.133. The maximum atomic E-state index is 12.3. The van der Waals surface area contributed by atoms with Crippen LogP contribution in [0.3, 0.4) is 0 Å². The number of aromatic nitrogens is 1. The number of nitriles is 1. The van der Waals surface area contributed by atoms with Crippen molar-refractivity contribution in [2.75, 3.05) is 18.2 Å². The molecule has 0 fully saturated rings. The number of nitrogens with one attached hydrogen (secondary N) is 1. The van der Waals surface area contributed by atoms with Gasteiger partial charge >= 0.3 is 0 Å². The van der Waals surface area contributed by atoms with Gasteiger partial charge in [-0.25, -0.2) is 0 Å². The molecule has 0 aliphatic rings. The van der Waals surface area contributed by atoms with E-state index in [0.717, 1.165) is 5.69 Å². The number of benzene rings is 1. The number of nitrogens with zero attached hydrogens (tertiary/aromatic N) is 2. The van der Waals surface area contributed by atoms with Crippen molar-refractivity contribution in [3.05, 3.63) is 47.3 Å². The Kier molecular flexibility index (Phi) is 4.05. The van der Waals surface area contributed by atoms with Gasteiger partial charge in [0.05, 0.1) is 18.2 Å². The van der Waals surface area contributed by atoms with Gasteiger partial charge in [-0.3, -0.25) is 9.78 Å². The molecule has 0 aliphatic heterocycles. The van der Waals surface area contributed by atoms with E-state index in [0.29, 0.717) is 22.7 Å². The lowest BCUT2D eigenvalue weighted by atomic mass is 10.1. The van der Waals surface area contributed by atoms with Crippen molar-refractivity contribution in [2.24, 2.45) is 0 Å². The SMILES string of the molecule is COc1cccc(C#N)c1NC(=O)c1cnc(C)cc1N. The molecular formula is C15H14N4O2. The number of aryl methyl sites for hydroxylation is 1. The standard InChI is InChI=1S/C15H14N4O2/c1-9-6-12(17)11(8-18-9)15(20)19-14-10(7-16)4-3-5-13(14)21-2/h3-6,8H,1-2H3,(H2,17,18)(H,19,20). The third kappa shape index (κ3) is 2.92. The summed E-state index contributed by atoms with van der Waals surface area (Å²) in [4.78, 5) is 16.3. The van der Waals surface area contributed by atoms with E-state index in [1.165, 1.54) is 13.3 Å². The highest BCUT2D eigenvalue weighted by Gasteiger charge is 2.16. The lowest BCUT2D eigenvalue weighted by Gasteiger charge is -2.12. The second-order valence-electron chi connectivity index (χ2n) is 4.36. The molecule has 1 amide bonds. The number of para-hydroxylation sites is 1. The van der Waals surface area contributed by atoms with Gasteiger partial charge in [-0.2, -0.15) is 5.26 Å². The Morgan fingerprint density at radius 1 is 1.48 bits per heavy atom. The van der Waals surface area contributed by atoms with Crippen molar-refractivity contribution in [1.82, 2.24) is 4.98 Å². The first kappa shape index (κ1) is 14.3. The summed E-state index contributed by atoms with van der Waals surface area (Å²) in [5, 5.41) is 11.8. The number of nitrogen functional groups attached to an aromatic ring is 1. The van der Waals surface area contributed by atoms with Crippen molar-refractivity contribution in [1.29, 1.82) is 5.26 Å². The summed E-state index contributed by atoms with van der Waals surface area (Å²) in [5.41, 5.74) is 7.73. The van der Waals surface area contributed by atoms with Crippen LogP contribution in [0.1, 0.15) is 21.6 Å². The van der Waals surface area contributed by atoms with Crippen molar-refractivity contribution in [3.63, 3.8) is 0 Å². The van der Waals surface area contributed by atoms with Gasteiger partial charge in [-0.1, -0.05) is 6.07 Å². The number of rotatable bonds is 3. The molecule has 6 nitrogen and oxygen atoms in total. The molecule has 1 aromatic carbocycles. The number of nitrogens with two attached hydrogens (primary N) is 1. The fourth-order valence-corrected chi connectivity index (χ4v) is 1.87. The maximum Gasteiger partial charge on any atom is 0.259 e. The van der Waals surface area contributed by atoms with E-state index in [4.69, 9.17) is 15.7 Å². The predicted molar refractivity (Wildman–Crippen MR) is 79.0 cm³/mol. The van der Waals surface area contributed by atoms with Crippen molar-refractivity contribution in [2.45, 2.75) is 6.92 Å². The summed E-state index contributed by atoms with van der Waals surface area (Å²) < 4.78 is 5.16. The van der Waals surface area contributed by atoms with Crippen LogP contribution < -0.4 is 15.8 Å². The molecule has 2 rings (SSSR count). The molecule has 0 spiro atoms. The number of amides is 1. The van der Waals surface area contributed by atoms with Gasteiger partial charge < -0.3 is 15.8 Å². The molecule has 21 heavy (non-hydrogen) atoms. The summed E-state index contributed by atoms with van der Waals surface area (Å²) in [6, 6.07) is 8.55. The topological polar surface area (TPSA) is 101 Å². The van der Waals surface area contributed by atoms with Gasteiger partial charge in [0, 0.05) is 17.6 Å².